The van der Waals surface area contributed by atoms with E-state index in [1.165, 1.54) is 36.4 Å². The quantitative estimate of drug-likeness (QED) is 0.0565. The van der Waals surface area contributed by atoms with E-state index in [2.05, 4.69) is 51.6 Å². The first-order valence-corrected chi connectivity index (χ1v) is 21.1. The Morgan fingerprint density at radius 3 is 1.32 bits per heavy atom. The summed E-state index contributed by atoms with van der Waals surface area (Å²) in [6.45, 7) is 7.65. The maximum absolute atomic E-state index is 13.5. The number of hydrogen-bond acceptors (Lipinski definition) is 14. The summed E-state index contributed by atoms with van der Waals surface area (Å²) >= 11 is 0. The molecule has 0 unspecified atom stereocenters. The van der Waals surface area contributed by atoms with Gasteiger partial charge in [0, 0.05) is 22.5 Å². The first kappa shape index (κ1) is 41.1. The molecule has 20 nitrogen and oxygen atoms in total. The van der Waals surface area contributed by atoms with Crippen molar-refractivity contribution in [2.45, 2.75) is 27.7 Å². The van der Waals surface area contributed by atoms with Crippen molar-refractivity contribution < 1.29 is 45.1 Å². The average molecular weight is 877 g/mol. The molecule has 62 heavy (non-hydrogen) atoms. The summed E-state index contributed by atoms with van der Waals surface area (Å²) in [4.78, 5) is 66.0. The fourth-order valence-corrected chi connectivity index (χ4v) is 7.99. The van der Waals surface area contributed by atoms with Crippen molar-refractivity contribution in [3.8, 4) is 0 Å². The molecule has 0 aliphatic heterocycles. The zero-order chi connectivity index (χ0) is 44.4. The number of aromatic nitrogens is 4. The second kappa shape index (κ2) is 15.1. The maximum atomic E-state index is 13.5. The van der Waals surface area contributed by atoms with Crippen LogP contribution in [-0.4, -0.2) is 80.7 Å². The summed E-state index contributed by atoms with van der Waals surface area (Å²) in [6.07, 6.45) is 1.95. The van der Waals surface area contributed by atoms with Gasteiger partial charge in [0.2, 0.25) is 23.5 Å². The third-order valence-corrected chi connectivity index (χ3v) is 11.8. The Bertz CT molecular complexity index is 3080. The number of allylic oxidation sites excluding steroid dienone is 2. The molecule has 0 radical (unpaired) electrons. The molecule has 2 aliphatic carbocycles. The number of Topliss-reactive ketones (excluding diaryl/α,β-unsaturated/α-hetero) is 2. The number of ketones is 2. The van der Waals surface area contributed by atoms with Crippen molar-refractivity contribution in [3.05, 3.63) is 115 Å². The van der Waals surface area contributed by atoms with E-state index < -0.39 is 64.9 Å². The minimum Gasteiger partial charge on any atom is -0.323 e. The number of fused-ring (bicyclic) bond motifs is 4. The number of carbonyl (C=O) groups excluding carboxylic acids is 4. The molecule has 2 aromatic heterocycles. The van der Waals surface area contributed by atoms with Crippen LogP contribution in [0.1, 0.15) is 54.1 Å². The molecule has 4 aromatic carbocycles. The molecule has 0 saturated carbocycles. The number of imidazole rings is 2. The Morgan fingerprint density at radius 1 is 0.581 bits per heavy atom. The summed E-state index contributed by atoms with van der Waals surface area (Å²) < 4.78 is 69.8. The number of aromatic amines is 2. The van der Waals surface area contributed by atoms with Gasteiger partial charge in [-0.05, 0) is 134 Å². The highest BCUT2D eigenvalue weighted by molar-refractivity contribution is 7.91. The van der Waals surface area contributed by atoms with Crippen LogP contribution in [0.3, 0.4) is 0 Å². The smallest absolute Gasteiger partial charge is 0.314 e. The van der Waals surface area contributed by atoms with Crippen LogP contribution in [0.5, 0.6) is 0 Å². The first-order valence-electron chi connectivity index (χ1n) is 18.2. The van der Waals surface area contributed by atoms with Gasteiger partial charge in [0.05, 0.1) is 22.1 Å². The normalized spacial score (nSPS) is 15.3. The Balaban J connectivity index is 0.984. The molecule has 0 bridgehead atoms. The minimum absolute atomic E-state index is 0.0314. The lowest BCUT2D eigenvalue weighted by Gasteiger charge is -2.17. The predicted octanol–water partition coefficient (Wildman–Crippen LogP) is 5.04. The lowest BCUT2D eigenvalue weighted by molar-refractivity contribution is -0.132. The largest absolute Gasteiger partial charge is 0.323 e. The van der Waals surface area contributed by atoms with Crippen molar-refractivity contribution >= 4 is 113 Å². The van der Waals surface area contributed by atoms with Crippen LogP contribution in [0, 0.1) is 27.7 Å². The minimum atomic E-state index is -5.02. The number of hydrogen-bond donors (Lipinski definition) is 8. The molecule has 6 aromatic rings. The lowest BCUT2D eigenvalue weighted by Crippen LogP contribution is -2.30. The second-order valence-corrected chi connectivity index (χ2v) is 17.1. The van der Waals surface area contributed by atoms with Gasteiger partial charge in [0.15, 0.2) is 11.4 Å². The molecular weight excluding hydrogens is 845 g/mol. The van der Waals surface area contributed by atoms with Crippen LogP contribution < -0.4 is 21.5 Å². The maximum Gasteiger partial charge on any atom is 0.314 e. The zero-order valence-corrected chi connectivity index (χ0v) is 34.3. The van der Waals surface area contributed by atoms with Gasteiger partial charge >= 0.3 is 11.8 Å². The zero-order valence-electron chi connectivity index (χ0n) is 32.7. The molecule has 0 spiro atoms. The van der Waals surface area contributed by atoms with Gasteiger partial charge in [-0.3, -0.25) is 28.3 Å². The van der Waals surface area contributed by atoms with Crippen molar-refractivity contribution in [3.63, 3.8) is 0 Å². The van der Waals surface area contributed by atoms with E-state index in [0.29, 0.717) is 22.1 Å². The number of hydrazone groups is 2. The van der Waals surface area contributed by atoms with Crippen LogP contribution >= 0.6 is 0 Å². The molecule has 0 saturated heterocycles. The summed E-state index contributed by atoms with van der Waals surface area (Å²) in [6, 6.07) is 14.9. The van der Waals surface area contributed by atoms with Gasteiger partial charge in [-0.2, -0.15) is 27.0 Å². The molecule has 0 fully saturated rings. The predicted molar refractivity (Wildman–Crippen MR) is 231 cm³/mol. The van der Waals surface area contributed by atoms with Crippen molar-refractivity contribution in [2.75, 3.05) is 21.5 Å². The number of rotatable bonds is 8. The highest BCUT2D eigenvalue weighted by Crippen LogP contribution is 2.31. The summed E-state index contributed by atoms with van der Waals surface area (Å²) in [7, 11) is -10.0. The molecule has 2 aliphatic rings. The second-order valence-electron chi connectivity index (χ2n) is 14.4. The highest BCUT2D eigenvalue weighted by Gasteiger charge is 2.35. The van der Waals surface area contributed by atoms with E-state index in [4.69, 9.17) is 0 Å². The van der Waals surface area contributed by atoms with E-state index in [1.807, 2.05) is 52.0 Å². The number of nitrogens with zero attached hydrogens (tertiary/aromatic N) is 4. The van der Waals surface area contributed by atoms with Crippen molar-refractivity contribution in [1.82, 2.24) is 19.9 Å². The molecular formula is C40H32N10O10S2. The molecule has 8 N–H and O–H groups in total. The Hall–Kier alpha value is -7.66. The molecule has 2 heterocycles. The Labute approximate surface area is 350 Å². The SMILES string of the molecule is Cc1cc2nc(N/N=C3\C(=O)c4ccc(NC(=O)C(=O)Nc5ccc6c(c5)C=C(S(=O)(=O)O)/C(=N/Nc5nc7cc(C)c(C)cc7[nH]5)C6=O)cc4C=C3S(=O)(=O)O)[nH]c2cc1C. The topological polar surface area (TPSA) is 307 Å². The summed E-state index contributed by atoms with van der Waals surface area (Å²) in [5, 5.41) is 12.6. The molecule has 22 heteroatoms. The molecule has 2 amide bonds. The fraction of sp³-hybridized carbons (Fsp3) is 0.100. The average Bonchev–Trinajstić information content (AvgIpc) is 3.78. The third kappa shape index (κ3) is 7.88. The molecule has 0 atom stereocenters. The fourth-order valence-electron chi connectivity index (χ4n) is 6.67. The van der Waals surface area contributed by atoms with E-state index in [1.54, 1.807) is 0 Å². The summed E-state index contributed by atoms with van der Waals surface area (Å²) in [5.74, 6) is -4.00. The van der Waals surface area contributed by atoms with Crippen molar-refractivity contribution in [1.29, 1.82) is 0 Å². The Kier molecular flexibility index (Phi) is 10.0. The molecule has 314 valence electrons. The van der Waals surface area contributed by atoms with E-state index >= 15 is 0 Å². The van der Waals surface area contributed by atoms with Crippen molar-refractivity contribution in [2.24, 2.45) is 10.2 Å². The van der Waals surface area contributed by atoms with E-state index in [0.717, 1.165) is 34.4 Å². The van der Waals surface area contributed by atoms with Crippen LogP contribution in [0.25, 0.3) is 34.2 Å². The first-order chi connectivity index (χ1) is 29.2. The van der Waals surface area contributed by atoms with Crippen LogP contribution in [0.2, 0.25) is 0 Å². The van der Waals surface area contributed by atoms with Gasteiger partial charge in [-0.1, -0.05) is 0 Å². The number of nitrogens with one attached hydrogen (secondary N) is 6. The standard InChI is InChI=1S/C40H32N10O10S2/c1-17-9-27-28(10-18(17)2)44-39(43-27)49-47-33-31(61(55,56)57)15-21-13-23(5-7-25(21)35(33)51)41-37(53)38(54)42-24-6-8-26-22(14-24)16-32(62(58,59)60)34(36(26)52)48-50-40-45-29-11-19(3)20(4)12-30(29)46-40/h5-16H,1-4H3,(H,41,53)(H,42,54)(H2,43,44,49)(H2,45,46,50)(H,55,56,57)(H,58,59,60)/b47-33-,48-34-. The number of aryl methyl sites for hydroxylation is 4. The number of H-pyrrole nitrogens is 2. The van der Waals surface area contributed by atoms with Crippen LogP contribution in [0.4, 0.5) is 23.3 Å². The Morgan fingerprint density at radius 2 is 0.952 bits per heavy atom. The van der Waals surface area contributed by atoms with Crippen LogP contribution in [-0.2, 0) is 29.8 Å². The molecule has 8 rings (SSSR count). The lowest BCUT2D eigenvalue weighted by atomic mass is 9.94. The number of amides is 2. The van der Waals surface area contributed by atoms with Gasteiger partial charge in [0.25, 0.3) is 20.2 Å². The third-order valence-electron chi connectivity index (χ3n) is 10.1. The number of carbonyl (C=O) groups is 4. The number of anilines is 4. The van der Waals surface area contributed by atoms with Crippen LogP contribution in [0.15, 0.2) is 80.7 Å². The van der Waals surface area contributed by atoms with Gasteiger partial charge in [0.1, 0.15) is 9.81 Å². The van der Waals surface area contributed by atoms with E-state index in [9.17, 15) is 45.1 Å². The monoisotopic (exact) mass is 876 g/mol. The van der Waals surface area contributed by atoms with Gasteiger partial charge in [-0.15, -0.1) is 0 Å². The van der Waals surface area contributed by atoms with Gasteiger partial charge in [-0.25, -0.2) is 20.8 Å². The van der Waals surface area contributed by atoms with E-state index in [-0.39, 0.29) is 45.5 Å². The summed E-state index contributed by atoms with van der Waals surface area (Å²) in [5.41, 5.74) is 10.0. The number of benzene rings is 4. The van der Waals surface area contributed by atoms with Gasteiger partial charge < -0.3 is 20.6 Å². The highest BCUT2D eigenvalue weighted by atomic mass is 32.2.